The smallest absolute Gasteiger partial charge is 0.115 e. The number of aryl methyl sites for hydroxylation is 1. The van der Waals surface area contributed by atoms with E-state index in [2.05, 4.69) is 56.3 Å². The number of hydrogen-bond donors (Lipinski definition) is 1. The van der Waals surface area contributed by atoms with Crippen LogP contribution in [0.3, 0.4) is 0 Å². The number of hydrogen-bond acceptors (Lipinski definition) is 3. The first-order chi connectivity index (χ1) is 7.74. The maximum absolute atomic E-state index is 3.97. The number of nitrogens with zero attached hydrogens (tertiary/aromatic N) is 2. The molecule has 0 radical (unpaired) electrons. The summed E-state index contributed by atoms with van der Waals surface area (Å²) in [6.45, 7) is 2.80. The molecule has 82 valence electrons. The van der Waals surface area contributed by atoms with Crippen LogP contribution in [0.2, 0.25) is 0 Å². The molecule has 0 aliphatic rings. The zero-order chi connectivity index (χ0) is 11.4. The number of nitrogens with one attached hydrogen (secondary N) is 1. The van der Waals surface area contributed by atoms with Crippen LogP contribution in [0.4, 0.5) is 5.69 Å². The highest BCUT2D eigenvalue weighted by molar-refractivity contribution is 9.10. The topological polar surface area (TPSA) is 37.8 Å². The SMILES string of the molecule is Cc1cc(Br)cc(NCc2cncnc2)c1. The van der Waals surface area contributed by atoms with Crippen LogP contribution in [-0.2, 0) is 6.54 Å². The third-order valence-corrected chi connectivity index (χ3v) is 2.61. The summed E-state index contributed by atoms with van der Waals surface area (Å²) in [5, 5.41) is 3.33. The summed E-state index contributed by atoms with van der Waals surface area (Å²) < 4.78 is 1.08. The second-order valence-electron chi connectivity index (χ2n) is 3.62. The molecule has 0 fully saturated rings. The fourth-order valence-electron chi connectivity index (χ4n) is 1.46. The lowest BCUT2D eigenvalue weighted by atomic mass is 10.2. The average Bonchev–Trinajstić information content (AvgIpc) is 2.27. The van der Waals surface area contributed by atoms with Crippen LogP contribution in [0.1, 0.15) is 11.1 Å². The lowest BCUT2D eigenvalue weighted by Crippen LogP contribution is -2.00. The maximum Gasteiger partial charge on any atom is 0.115 e. The second-order valence-corrected chi connectivity index (χ2v) is 4.53. The summed E-state index contributed by atoms with van der Waals surface area (Å²) in [4.78, 5) is 7.94. The summed E-state index contributed by atoms with van der Waals surface area (Å²) in [5.74, 6) is 0. The molecule has 0 atom stereocenters. The van der Waals surface area contributed by atoms with E-state index in [1.807, 2.05) is 12.4 Å². The molecule has 1 heterocycles. The molecular formula is C12H12BrN3. The largest absolute Gasteiger partial charge is 0.381 e. The van der Waals surface area contributed by atoms with Crippen molar-refractivity contribution in [2.75, 3.05) is 5.32 Å². The third-order valence-electron chi connectivity index (χ3n) is 2.15. The Hall–Kier alpha value is -1.42. The van der Waals surface area contributed by atoms with Crippen molar-refractivity contribution in [3.05, 3.63) is 52.5 Å². The molecule has 1 N–H and O–H groups in total. The Morgan fingerprint density at radius 2 is 1.94 bits per heavy atom. The quantitative estimate of drug-likeness (QED) is 0.937. The first-order valence-corrected chi connectivity index (χ1v) is 5.78. The van der Waals surface area contributed by atoms with Crippen molar-refractivity contribution < 1.29 is 0 Å². The van der Waals surface area contributed by atoms with Gasteiger partial charge in [-0.2, -0.15) is 0 Å². The first-order valence-electron chi connectivity index (χ1n) is 4.99. The Labute approximate surface area is 103 Å². The standard InChI is InChI=1S/C12H12BrN3/c1-9-2-11(13)4-12(3-9)16-7-10-5-14-8-15-6-10/h2-6,8,16H,7H2,1H3. The lowest BCUT2D eigenvalue weighted by Gasteiger charge is -2.07. The number of rotatable bonds is 3. The van der Waals surface area contributed by atoms with Gasteiger partial charge < -0.3 is 5.32 Å². The van der Waals surface area contributed by atoms with Gasteiger partial charge in [-0.05, 0) is 30.7 Å². The molecule has 4 heteroatoms. The molecule has 0 aliphatic carbocycles. The van der Waals surface area contributed by atoms with Gasteiger partial charge in [0.15, 0.2) is 0 Å². The van der Waals surface area contributed by atoms with E-state index < -0.39 is 0 Å². The van der Waals surface area contributed by atoms with Gasteiger partial charge in [-0.3, -0.25) is 0 Å². The zero-order valence-electron chi connectivity index (χ0n) is 8.94. The molecule has 0 spiro atoms. The van der Waals surface area contributed by atoms with Gasteiger partial charge in [0.05, 0.1) is 0 Å². The predicted molar refractivity (Wildman–Crippen MR) is 68.2 cm³/mol. The lowest BCUT2D eigenvalue weighted by molar-refractivity contribution is 1.05. The van der Waals surface area contributed by atoms with Crippen LogP contribution < -0.4 is 5.32 Å². The van der Waals surface area contributed by atoms with Crippen LogP contribution >= 0.6 is 15.9 Å². The Bertz CT molecular complexity index is 451. The normalized spacial score (nSPS) is 10.1. The van der Waals surface area contributed by atoms with E-state index in [1.54, 1.807) is 0 Å². The molecule has 0 amide bonds. The van der Waals surface area contributed by atoms with Gasteiger partial charge in [0, 0.05) is 34.7 Å². The highest BCUT2D eigenvalue weighted by Gasteiger charge is 1.97. The van der Waals surface area contributed by atoms with Crippen molar-refractivity contribution in [2.45, 2.75) is 13.5 Å². The second kappa shape index (κ2) is 5.07. The van der Waals surface area contributed by atoms with Crippen LogP contribution in [0.15, 0.2) is 41.4 Å². The van der Waals surface area contributed by atoms with Crippen LogP contribution in [0.25, 0.3) is 0 Å². The van der Waals surface area contributed by atoms with E-state index in [0.29, 0.717) is 0 Å². The Morgan fingerprint density at radius 1 is 1.19 bits per heavy atom. The fraction of sp³-hybridized carbons (Fsp3) is 0.167. The molecule has 2 rings (SSSR count). The maximum atomic E-state index is 3.97. The summed E-state index contributed by atoms with van der Waals surface area (Å²) >= 11 is 3.47. The van der Waals surface area contributed by atoms with Crippen molar-refractivity contribution in [3.63, 3.8) is 0 Å². The van der Waals surface area contributed by atoms with Gasteiger partial charge in [-0.25, -0.2) is 9.97 Å². The molecule has 0 unspecified atom stereocenters. The minimum atomic E-state index is 0.733. The van der Waals surface area contributed by atoms with Gasteiger partial charge in [0.2, 0.25) is 0 Å². The van der Waals surface area contributed by atoms with Crippen molar-refractivity contribution in [1.29, 1.82) is 0 Å². The molecule has 1 aromatic heterocycles. The van der Waals surface area contributed by atoms with E-state index in [-0.39, 0.29) is 0 Å². The highest BCUT2D eigenvalue weighted by atomic mass is 79.9. The third kappa shape index (κ3) is 3.03. The van der Waals surface area contributed by atoms with Crippen molar-refractivity contribution >= 4 is 21.6 Å². The molecular weight excluding hydrogens is 266 g/mol. The van der Waals surface area contributed by atoms with Crippen LogP contribution in [0, 0.1) is 6.92 Å². The monoisotopic (exact) mass is 277 g/mol. The Kier molecular flexibility index (Phi) is 3.51. The van der Waals surface area contributed by atoms with Crippen molar-refractivity contribution in [1.82, 2.24) is 9.97 Å². The summed E-state index contributed by atoms with van der Waals surface area (Å²) in [6.07, 6.45) is 5.16. The predicted octanol–water partition coefficient (Wildman–Crippen LogP) is 3.16. The Balaban J connectivity index is 2.05. The molecule has 0 aliphatic heterocycles. The molecule has 0 saturated heterocycles. The average molecular weight is 278 g/mol. The number of anilines is 1. The molecule has 0 saturated carbocycles. The minimum absolute atomic E-state index is 0.733. The summed E-state index contributed by atoms with van der Waals surface area (Å²) in [7, 11) is 0. The Morgan fingerprint density at radius 3 is 2.62 bits per heavy atom. The molecule has 2 aromatic rings. The van der Waals surface area contributed by atoms with Gasteiger partial charge in [0.1, 0.15) is 6.33 Å². The van der Waals surface area contributed by atoms with E-state index in [1.165, 1.54) is 11.9 Å². The highest BCUT2D eigenvalue weighted by Crippen LogP contribution is 2.19. The van der Waals surface area contributed by atoms with Gasteiger partial charge in [-0.1, -0.05) is 15.9 Å². The molecule has 1 aromatic carbocycles. The summed E-state index contributed by atoms with van der Waals surface area (Å²) in [5.41, 5.74) is 3.39. The van der Waals surface area contributed by atoms with Crippen molar-refractivity contribution in [3.8, 4) is 0 Å². The zero-order valence-corrected chi connectivity index (χ0v) is 10.5. The summed E-state index contributed by atoms with van der Waals surface area (Å²) in [6, 6.07) is 6.24. The number of aromatic nitrogens is 2. The molecule has 16 heavy (non-hydrogen) atoms. The van der Waals surface area contributed by atoms with E-state index in [4.69, 9.17) is 0 Å². The van der Waals surface area contributed by atoms with Gasteiger partial charge in [-0.15, -0.1) is 0 Å². The van der Waals surface area contributed by atoms with E-state index in [9.17, 15) is 0 Å². The van der Waals surface area contributed by atoms with Crippen LogP contribution in [0.5, 0.6) is 0 Å². The van der Waals surface area contributed by atoms with E-state index in [0.717, 1.165) is 22.3 Å². The van der Waals surface area contributed by atoms with E-state index >= 15 is 0 Å². The minimum Gasteiger partial charge on any atom is -0.381 e. The van der Waals surface area contributed by atoms with Crippen molar-refractivity contribution in [2.24, 2.45) is 0 Å². The van der Waals surface area contributed by atoms with Crippen LogP contribution in [-0.4, -0.2) is 9.97 Å². The number of halogens is 1. The molecule has 0 bridgehead atoms. The number of benzene rings is 1. The van der Waals surface area contributed by atoms with Gasteiger partial charge >= 0.3 is 0 Å². The molecule has 3 nitrogen and oxygen atoms in total. The van der Waals surface area contributed by atoms with Gasteiger partial charge in [0.25, 0.3) is 0 Å². The first kappa shape index (κ1) is 11.1. The fourth-order valence-corrected chi connectivity index (χ4v) is 2.07.